The third-order valence-corrected chi connectivity index (χ3v) is 4.42. The maximum atomic E-state index is 6.38. The van der Waals surface area contributed by atoms with Crippen LogP contribution in [-0.2, 0) is 9.57 Å². The van der Waals surface area contributed by atoms with Crippen molar-refractivity contribution in [2.24, 2.45) is 0 Å². The molecule has 2 rings (SSSR count). The number of hydrogen-bond donors (Lipinski definition) is 0. The van der Waals surface area contributed by atoms with Gasteiger partial charge in [0.2, 0.25) is 0 Å². The van der Waals surface area contributed by atoms with Crippen LogP contribution in [0.25, 0.3) is 0 Å². The second-order valence-electron chi connectivity index (χ2n) is 7.34. The molecule has 0 N–H and O–H groups in total. The molecule has 3 heteroatoms. The Morgan fingerprint density at radius 3 is 2.05 bits per heavy atom. The predicted molar refractivity (Wildman–Crippen MR) is 86.0 cm³/mol. The first-order chi connectivity index (χ1) is 9.76. The molecule has 3 nitrogen and oxygen atoms in total. The van der Waals surface area contributed by atoms with Crippen LogP contribution in [0.1, 0.15) is 59.1 Å². The van der Waals surface area contributed by atoms with Crippen LogP contribution in [0.2, 0.25) is 0 Å². The number of methoxy groups -OCH3 is 1. The Labute approximate surface area is 129 Å². The van der Waals surface area contributed by atoms with E-state index < -0.39 is 0 Å². The second-order valence-corrected chi connectivity index (χ2v) is 7.34. The van der Waals surface area contributed by atoms with Crippen LogP contribution >= 0.6 is 0 Å². The number of rotatable bonds is 4. The van der Waals surface area contributed by atoms with Crippen molar-refractivity contribution in [1.29, 1.82) is 0 Å². The van der Waals surface area contributed by atoms with E-state index in [0.717, 1.165) is 12.8 Å². The van der Waals surface area contributed by atoms with Crippen molar-refractivity contribution < 1.29 is 9.57 Å². The minimum Gasteiger partial charge on any atom is -0.381 e. The van der Waals surface area contributed by atoms with Gasteiger partial charge in [0.25, 0.3) is 0 Å². The van der Waals surface area contributed by atoms with E-state index in [1.54, 1.807) is 7.11 Å². The molecule has 1 atom stereocenters. The Kier molecular flexibility index (Phi) is 4.76. The summed E-state index contributed by atoms with van der Waals surface area (Å²) in [5.74, 6) is 0. The smallest absolute Gasteiger partial charge is 0.102 e. The lowest BCUT2D eigenvalue weighted by atomic mass is 9.80. The van der Waals surface area contributed by atoms with Gasteiger partial charge in [0.1, 0.15) is 6.10 Å². The quantitative estimate of drug-likeness (QED) is 0.823. The number of piperidine rings is 1. The van der Waals surface area contributed by atoms with Crippen LogP contribution in [0.3, 0.4) is 0 Å². The zero-order valence-corrected chi connectivity index (χ0v) is 14.2. The first-order valence-corrected chi connectivity index (χ1v) is 7.81. The number of nitrogens with zero attached hydrogens (tertiary/aromatic N) is 1. The largest absolute Gasteiger partial charge is 0.381 e. The molecule has 21 heavy (non-hydrogen) atoms. The fourth-order valence-electron chi connectivity index (χ4n) is 3.57. The maximum Gasteiger partial charge on any atom is 0.102 e. The molecule has 0 bridgehead atoms. The van der Waals surface area contributed by atoms with Crippen LogP contribution in [-0.4, -0.2) is 29.4 Å². The van der Waals surface area contributed by atoms with Crippen molar-refractivity contribution in [2.45, 2.75) is 70.7 Å². The van der Waals surface area contributed by atoms with E-state index in [1.807, 2.05) is 6.07 Å². The molecular weight excluding hydrogens is 262 g/mol. The van der Waals surface area contributed by atoms with Gasteiger partial charge in [-0.3, -0.25) is 4.84 Å². The van der Waals surface area contributed by atoms with Gasteiger partial charge in [0.15, 0.2) is 0 Å². The maximum absolute atomic E-state index is 6.38. The van der Waals surface area contributed by atoms with Crippen molar-refractivity contribution in [2.75, 3.05) is 7.11 Å². The summed E-state index contributed by atoms with van der Waals surface area (Å²) in [5, 5.41) is 2.19. The number of benzene rings is 1. The minimum atomic E-state index is -0.0501. The topological polar surface area (TPSA) is 21.7 Å². The standard InChI is InChI=1S/C18H29NO2/c1-14(15-10-8-7-9-11-15)21-19-17(2,3)12-16(20-6)13-18(19,4)5/h7-11,14,16H,12-13H2,1-6H3. The van der Waals surface area contributed by atoms with Crippen molar-refractivity contribution in [3.8, 4) is 0 Å². The number of ether oxygens (including phenoxy) is 1. The summed E-state index contributed by atoms with van der Waals surface area (Å²) in [4.78, 5) is 6.38. The van der Waals surface area contributed by atoms with Gasteiger partial charge >= 0.3 is 0 Å². The summed E-state index contributed by atoms with van der Waals surface area (Å²) in [6.45, 7) is 11.1. The van der Waals surface area contributed by atoms with E-state index in [2.05, 4.69) is 63.9 Å². The predicted octanol–water partition coefficient (Wildman–Crippen LogP) is 4.35. The van der Waals surface area contributed by atoms with E-state index in [0.29, 0.717) is 6.10 Å². The second kappa shape index (κ2) is 6.07. The Bertz CT molecular complexity index is 438. The third-order valence-electron chi connectivity index (χ3n) is 4.42. The van der Waals surface area contributed by atoms with Gasteiger partial charge in [0.05, 0.1) is 6.10 Å². The first kappa shape index (κ1) is 16.5. The molecule has 0 spiro atoms. The highest BCUT2D eigenvalue weighted by molar-refractivity contribution is 5.16. The van der Waals surface area contributed by atoms with Crippen molar-refractivity contribution >= 4 is 0 Å². The van der Waals surface area contributed by atoms with E-state index in [9.17, 15) is 0 Å². The van der Waals surface area contributed by atoms with E-state index in [-0.39, 0.29) is 17.2 Å². The molecule has 1 unspecified atom stereocenters. The SMILES string of the molecule is COC1CC(C)(C)N(OC(C)c2ccccc2)C(C)(C)C1. The van der Waals surface area contributed by atoms with Gasteiger partial charge in [-0.25, -0.2) is 0 Å². The zero-order chi connectivity index (χ0) is 15.7. The highest BCUT2D eigenvalue weighted by Crippen LogP contribution is 2.41. The zero-order valence-electron chi connectivity index (χ0n) is 14.2. The van der Waals surface area contributed by atoms with Gasteiger partial charge in [-0.2, -0.15) is 5.06 Å². The van der Waals surface area contributed by atoms with E-state index >= 15 is 0 Å². The summed E-state index contributed by atoms with van der Waals surface area (Å²) >= 11 is 0. The van der Waals surface area contributed by atoms with Gasteiger partial charge in [0, 0.05) is 18.2 Å². The van der Waals surface area contributed by atoms with Crippen LogP contribution < -0.4 is 0 Å². The Balaban J connectivity index is 2.17. The van der Waals surface area contributed by atoms with E-state index in [4.69, 9.17) is 9.57 Å². The summed E-state index contributed by atoms with van der Waals surface area (Å²) in [6.07, 6.45) is 2.30. The Morgan fingerprint density at radius 1 is 1.05 bits per heavy atom. The molecule has 1 aromatic rings. The van der Waals surface area contributed by atoms with Crippen molar-refractivity contribution in [3.05, 3.63) is 35.9 Å². The Hall–Kier alpha value is -0.900. The molecule has 0 radical (unpaired) electrons. The highest BCUT2D eigenvalue weighted by atomic mass is 16.7. The summed E-state index contributed by atoms with van der Waals surface area (Å²) in [5.41, 5.74) is 1.11. The first-order valence-electron chi connectivity index (χ1n) is 7.81. The average molecular weight is 291 g/mol. The van der Waals surface area contributed by atoms with Crippen LogP contribution in [0.4, 0.5) is 0 Å². The van der Waals surface area contributed by atoms with Gasteiger partial charge in [-0.05, 0) is 53.0 Å². The molecule has 118 valence electrons. The number of hydroxylamine groups is 2. The number of hydrogen-bond acceptors (Lipinski definition) is 3. The Morgan fingerprint density at radius 2 is 1.57 bits per heavy atom. The fraction of sp³-hybridized carbons (Fsp3) is 0.667. The van der Waals surface area contributed by atoms with Gasteiger partial charge in [-0.15, -0.1) is 0 Å². The molecule has 1 aromatic carbocycles. The summed E-state index contributed by atoms with van der Waals surface area (Å²) in [6, 6.07) is 10.4. The van der Waals surface area contributed by atoms with Crippen LogP contribution in [0, 0.1) is 0 Å². The normalized spacial score (nSPS) is 23.9. The summed E-state index contributed by atoms with van der Waals surface area (Å²) in [7, 11) is 1.81. The molecule has 1 heterocycles. The van der Waals surface area contributed by atoms with Gasteiger partial charge < -0.3 is 4.74 Å². The monoisotopic (exact) mass is 291 g/mol. The third kappa shape index (κ3) is 3.65. The van der Waals surface area contributed by atoms with Gasteiger partial charge in [-0.1, -0.05) is 30.3 Å². The van der Waals surface area contributed by atoms with Crippen LogP contribution in [0.5, 0.6) is 0 Å². The molecular formula is C18H29NO2. The lowest BCUT2D eigenvalue weighted by Crippen LogP contribution is -2.61. The molecule has 0 amide bonds. The molecule has 1 aliphatic rings. The molecule has 1 saturated heterocycles. The summed E-state index contributed by atoms with van der Waals surface area (Å²) < 4.78 is 5.62. The molecule has 0 aliphatic carbocycles. The van der Waals surface area contributed by atoms with Crippen molar-refractivity contribution in [3.63, 3.8) is 0 Å². The van der Waals surface area contributed by atoms with Crippen molar-refractivity contribution in [1.82, 2.24) is 5.06 Å². The molecule has 0 aromatic heterocycles. The van der Waals surface area contributed by atoms with E-state index in [1.165, 1.54) is 5.56 Å². The fourth-order valence-corrected chi connectivity index (χ4v) is 3.57. The van der Waals surface area contributed by atoms with Crippen LogP contribution in [0.15, 0.2) is 30.3 Å². The minimum absolute atomic E-state index is 0.0452. The average Bonchev–Trinajstić information content (AvgIpc) is 2.42. The lowest BCUT2D eigenvalue weighted by Gasteiger charge is -2.54. The molecule has 1 fully saturated rings. The molecule has 0 saturated carbocycles. The highest BCUT2D eigenvalue weighted by Gasteiger charge is 2.47. The lowest BCUT2D eigenvalue weighted by molar-refractivity contribution is -0.314. The molecule has 1 aliphatic heterocycles.